The fourth-order valence-electron chi connectivity index (χ4n) is 1.80. The summed E-state index contributed by atoms with van der Waals surface area (Å²) in [7, 11) is 0. The highest BCUT2D eigenvalue weighted by molar-refractivity contribution is 5.66. The van der Waals surface area contributed by atoms with E-state index in [0.717, 1.165) is 17.0 Å². The van der Waals surface area contributed by atoms with Crippen LogP contribution in [0.4, 0.5) is 11.5 Å². The summed E-state index contributed by atoms with van der Waals surface area (Å²) < 4.78 is 10.6. The van der Waals surface area contributed by atoms with Gasteiger partial charge in [0.15, 0.2) is 11.5 Å². The molecule has 1 N–H and O–H groups in total. The summed E-state index contributed by atoms with van der Waals surface area (Å²) in [6, 6.07) is 7.31. The highest BCUT2D eigenvalue weighted by Gasteiger charge is 2.15. The van der Waals surface area contributed by atoms with Gasteiger partial charge in [-0.15, -0.1) is 0 Å². The van der Waals surface area contributed by atoms with Crippen LogP contribution in [0.3, 0.4) is 0 Å². The molecule has 1 aromatic heterocycles. The van der Waals surface area contributed by atoms with Crippen molar-refractivity contribution < 1.29 is 9.47 Å². The lowest BCUT2D eigenvalue weighted by molar-refractivity contribution is 0.174. The molecule has 1 aliphatic rings. The molecule has 0 atom stereocenters. The first-order valence-corrected chi connectivity index (χ1v) is 5.65. The van der Waals surface area contributed by atoms with Gasteiger partial charge < -0.3 is 14.8 Å². The third kappa shape index (κ3) is 2.13. The summed E-state index contributed by atoms with van der Waals surface area (Å²) >= 11 is 0. The second-order valence-electron chi connectivity index (χ2n) is 4.05. The van der Waals surface area contributed by atoms with Crippen molar-refractivity contribution >= 4 is 11.5 Å². The SMILES string of the molecule is Cc1cc2c(cc1Nc1cc(C#N)ncn1)OCO2. The van der Waals surface area contributed by atoms with Crippen molar-refractivity contribution in [2.75, 3.05) is 12.1 Å². The van der Waals surface area contributed by atoms with Gasteiger partial charge in [-0.2, -0.15) is 5.26 Å². The van der Waals surface area contributed by atoms with Crippen LogP contribution in [0, 0.1) is 18.3 Å². The molecule has 0 aliphatic carbocycles. The molecule has 0 amide bonds. The number of benzene rings is 1. The normalized spacial score (nSPS) is 12.0. The van der Waals surface area contributed by atoms with E-state index >= 15 is 0 Å². The molecule has 2 aromatic rings. The fourth-order valence-corrected chi connectivity index (χ4v) is 1.80. The smallest absolute Gasteiger partial charge is 0.231 e. The van der Waals surface area contributed by atoms with Crippen LogP contribution in [-0.2, 0) is 0 Å². The molecule has 0 saturated carbocycles. The number of fused-ring (bicyclic) bond motifs is 1. The lowest BCUT2D eigenvalue weighted by Gasteiger charge is -2.09. The van der Waals surface area contributed by atoms with E-state index in [1.165, 1.54) is 6.33 Å². The Morgan fingerprint density at radius 3 is 2.79 bits per heavy atom. The highest BCUT2D eigenvalue weighted by Crippen LogP contribution is 2.37. The molecular weight excluding hydrogens is 244 g/mol. The van der Waals surface area contributed by atoms with E-state index < -0.39 is 0 Å². The molecule has 94 valence electrons. The first-order valence-electron chi connectivity index (χ1n) is 5.65. The molecule has 0 unspecified atom stereocenters. The number of hydrogen-bond acceptors (Lipinski definition) is 6. The molecule has 0 fully saturated rings. The van der Waals surface area contributed by atoms with E-state index in [-0.39, 0.29) is 6.79 Å². The number of hydrogen-bond donors (Lipinski definition) is 1. The zero-order chi connectivity index (χ0) is 13.2. The molecule has 1 aromatic carbocycles. The van der Waals surface area contributed by atoms with Crippen molar-refractivity contribution in [2.24, 2.45) is 0 Å². The number of anilines is 2. The van der Waals surface area contributed by atoms with Crippen molar-refractivity contribution in [2.45, 2.75) is 6.92 Å². The largest absolute Gasteiger partial charge is 0.454 e. The maximum absolute atomic E-state index is 8.80. The summed E-state index contributed by atoms with van der Waals surface area (Å²) in [5, 5.41) is 11.9. The number of rotatable bonds is 2. The summed E-state index contributed by atoms with van der Waals surface area (Å²) in [4.78, 5) is 7.89. The van der Waals surface area contributed by atoms with Gasteiger partial charge in [-0.3, -0.25) is 0 Å². The van der Waals surface area contributed by atoms with Gasteiger partial charge >= 0.3 is 0 Å². The van der Waals surface area contributed by atoms with Crippen molar-refractivity contribution in [1.82, 2.24) is 9.97 Å². The lowest BCUT2D eigenvalue weighted by atomic mass is 10.1. The average Bonchev–Trinajstić information content (AvgIpc) is 2.86. The van der Waals surface area contributed by atoms with Crippen LogP contribution in [0.1, 0.15) is 11.3 Å². The van der Waals surface area contributed by atoms with Crippen molar-refractivity contribution in [3.8, 4) is 17.6 Å². The Morgan fingerprint density at radius 1 is 1.21 bits per heavy atom. The number of nitrogens with one attached hydrogen (secondary N) is 1. The first kappa shape index (κ1) is 11.3. The molecule has 0 spiro atoms. The Balaban J connectivity index is 1.93. The first-order chi connectivity index (χ1) is 9.26. The molecule has 0 bridgehead atoms. The van der Waals surface area contributed by atoms with Crippen molar-refractivity contribution in [3.05, 3.63) is 35.8 Å². The van der Waals surface area contributed by atoms with Gasteiger partial charge in [0.1, 0.15) is 23.9 Å². The van der Waals surface area contributed by atoms with Crippen LogP contribution in [0.2, 0.25) is 0 Å². The number of nitriles is 1. The molecule has 3 rings (SSSR count). The maximum atomic E-state index is 8.80. The van der Waals surface area contributed by atoms with Gasteiger partial charge in [-0.1, -0.05) is 0 Å². The lowest BCUT2D eigenvalue weighted by Crippen LogP contribution is -1.97. The minimum Gasteiger partial charge on any atom is -0.454 e. The quantitative estimate of drug-likeness (QED) is 0.884. The topological polar surface area (TPSA) is 80.1 Å². The van der Waals surface area contributed by atoms with Gasteiger partial charge in [0.05, 0.1) is 0 Å². The molecule has 19 heavy (non-hydrogen) atoms. The molecule has 2 heterocycles. The van der Waals surface area contributed by atoms with E-state index in [1.54, 1.807) is 6.07 Å². The predicted octanol–water partition coefficient (Wildman–Crippen LogP) is 2.13. The van der Waals surface area contributed by atoms with Gasteiger partial charge in [0.2, 0.25) is 6.79 Å². The summed E-state index contributed by atoms with van der Waals surface area (Å²) in [5.74, 6) is 2.00. The highest BCUT2D eigenvalue weighted by atomic mass is 16.7. The Kier molecular flexibility index (Phi) is 2.65. The average molecular weight is 254 g/mol. The molecule has 0 radical (unpaired) electrons. The minimum atomic E-state index is 0.240. The zero-order valence-electron chi connectivity index (χ0n) is 10.2. The monoisotopic (exact) mass is 254 g/mol. The number of ether oxygens (including phenoxy) is 2. The summed E-state index contributed by atoms with van der Waals surface area (Å²) in [5.41, 5.74) is 2.17. The molecule has 0 saturated heterocycles. The minimum absolute atomic E-state index is 0.240. The second-order valence-corrected chi connectivity index (χ2v) is 4.05. The fraction of sp³-hybridized carbons (Fsp3) is 0.154. The van der Waals surface area contributed by atoms with Gasteiger partial charge in [-0.25, -0.2) is 9.97 Å². The molecule has 6 nitrogen and oxygen atoms in total. The third-order valence-corrected chi connectivity index (χ3v) is 2.76. The molecule has 1 aliphatic heterocycles. The summed E-state index contributed by atoms with van der Waals surface area (Å²) in [6.07, 6.45) is 1.35. The Bertz CT molecular complexity index is 679. The van der Waals surface area contributed by atoms with Crippen molar-refractivity contribution in [3.63, 3.8) is 0 Å². The van der Waals surface area contributed by atoms with Crippen LogP contribution in [-0.4, -0.2) is 16.8 Å². The van der Waals surface area contributed by atoms with Gasteiger partial charge in [0, 0.05) is 17.8 Å². The predicted molar refractivity (Wildman–Crippen MR) is 67.3 cm³/mol. The second kappa shape index (κ2) is 4.46. The number of aryl methyl sites for hydroxylation is 1. The zero-order valence-corrected chi connectivity index (χ0v) is 10.2. The van der Waals surface area contributed by atoms with E-state index in [9.17, 15) is 0 Å². The standard InChI is InChI=1S/C13H10N4O2/c1-8-2-11-12(19-7-18-11)4-10(8)17-13-3-9(5-14)15-6-16-13/h2-4,6H,7H2,1H3,(H,15,16,17). The molecule has 6 heteroatoms. The van der Waals surface area contributed by atoms with Crippen LogP contribution in [0.25, 0.3) is 0 Å². The number of aromatic nitrogens is 2. The van der Waals surface area contributed by atoms with Crippen LogP contribution in [0.15, 0.2) is 24.5 Å². The van der Waals surface area contributed by atoms with Crippen LogP contribution in [0.5, 0.6) is 11.5 Å². The third-order valence-electron chi connectivity index (χ3n) is 2.76. The van der Waals surface area contributed by atoms with Crippen LogP contribution >= 0.6 is 0 Å². The van der Waals surface area contributed by atoms with E-state index in [2.05, 4.69) is 15.3 Å². The maximum Gasteiger partial charge on any atom is 0.231 e. The van der Waals surface area contributed by atoms with Gasteiger partial charge in [0.25, 0.3) is 0 Å². The Labute approximate surface area is 109 Å². The van der Waals surface area contributed by atoms with E-state index in [4.69, 9.17) is 14.7 Å². The van der Waals surface area contributed by atoms with E-state index in [1.807, 2.05) is 25.1 Å². The van der Waals surface area contributed by atoms with E-state index in [0.29, 0.717) is 17.3 Å². The van der Waals surface area contributed by atoms with Crippen LogP contribution < -0.4 is 14.8 Å². The van der Waals surface area contributed by atoms with Gasteiger partial charge in [-0.05, 0) is 18.6 Å². The summed E-state index contributed by atoms with van der Waals surface area (Å²) in [6.45, 7) is 2.20. The van der Waals surface area contributed by atoms with Crippen molar-refractivity contribution in [1.29, 1.82) is 5.26 Å². The number of nitrogens with zero attached hydrogens (tertiary/aromatic N) is 3. The Morgan fingerprint density at radius 2 is 2.00 bits per heavy atom. The Hall–Kier alpha value is -2.81. The molecular formula is C13H10N4O2.